The Morgan fingerprint density at radius 3 is 2.73 bits per heavy atom. The van der Waals surface area contributed by atoms with Gasteiger partial charge in [-0.3, -0.25) is 9.55 Å². The lowest BCUT2D eigenvalue weighted by Crippen LogP contribution is -2.16. The Labute approximate surface area is 189 Å². The van der Waals surface area contributed by atoms with E-state index in [0.717, 1.165) is 22.2 Å². The van der Waals surface area contributed by atoms with E-state index in [2.05, 4.69) is 41.7 Å². The second-order valence-electron chi connectivity index (χ2n) is 7.31. The first-order chi connectivity index (χ1) is 16.1. The molecule has 2 aromatic carbocycles. The van der Waals surface area contributed by atoms with Crippen LogP contribution in [0.5, 0.6) is 0 Å². The molecule has 5 rings (SSSR count). The van der Waals surface area contributed by atoms with Crippen LogP contribution in [0, 0.1) is 0 Å². The molecule has 1 unspecified atom stereocenters. The molecule has 0 saturated heterocycles. The van der Waals surface area contributed by atoms with Gasteiger partial charge in [-0.25, -0.2) is 19.7 Å². The van der Waals surface area contributed by atoms with E-state index in [1.807, 2.05) is 36.4 Å². The second kappa shape index (κ2) is 8.67. The van der Waals surface area contributed by atoms with Crippen LogP contribution in [-0.2, 0) is 15.6 Å². The first-order valence-corrected chi connectivity index (χ1v) is 11.8. The van der Waals surface area contributed by atoms with Gasteiger partial charge in [0.1, 0.15) is 0 Å². The van der Waals surface area contributed by atoms with Gasteiger partial charge in [-0.1, -0.05) is 17.3 Å². The van der Waals surface area contributed by atoms with E-state index in [9.17, 15) is 4.57 Å². The summed E-state index contributed by atoms with van der Waals surface area (Å²) in [5, 5.41) is 15.9. The molecule has 5 aromatic rings. The predicted octanol–water partition coefficient (Wildman–Crippen LogP) is 3.25. The molecule has 0 spiro atoms. The number of rotatable bonds is 7. The van der Waals surface area contributed by atoms with Crippen LogP contribution in [0.4, 0.5) is 11.5 Å². The highest BCUT2D eigenvalue weighted by Crippen LogP contribution is 2.39. The third-order valence-electron chi connectivity index (χ3n) is 5.26. The van der Waals surface area contributed by atoms with Crippen molar-refractivity contribution in [2.24, 2.45) is 0 Å². The highest BCUT2D eigenvalue weighted by molar-refractivity contribution is 7.65. The predicted molar refractivity (Wildman–Crippen MR) is 127 cm³/mol. The van der Waals surface area contributed by atoms with E-state index >= 15 is 0 Å². The van der Waals surface area contributed by atoms with Crippen molar-refractivity contribution in [2.45, 2.75) is 6.54 Å². The number of aromatic nitrogens is 6. The van der Waals surface area contributed by atoms with E-state index in [1.54, 1.807) is 36.3 Å². The van der Waals surface area contributed by atoms with Gasteiger partial charge in [0, 0.05) is 24.4 Å². The largest absolute Gasteiger partial charge is 0.339 e. The molecule has 2 N–H and O–H groups in total. The molecule has 3 heterocycles. The summed E-state index contributed by atoms with van der Waals surface area (Å²) in [5.41, 5.74) is 3.81. The van der Waals surface area contributed by atoms with Gasteiger partial charge in [-0.2, -0.15) is 0 Å². The Kier molecular flexibility index (Phi) is 5.55. The molecule has 0 saturated carbocycles. The Balaban J connectivity index is 1.39. The molecule has 0 aliphatic heterocycles. The number of nitrogens with one attached hydrogen (secondary N) is 2. The molecule has 1 atom stereocenters. The number of hydrogen-bond donors (Lipinski definition) is 2. The van der Waals surface area contributed by atoms with Gasteiger partial charge in [-0.05, 0) is 55.1 Å². The van der Waals surface area contributed by atoms with E-state index in [1.165, 1.54) is 7.11 Å². The molecule has 0 fully saturated rings. The minimum Gasteiger partial charge on any atom is -0.339 e. The van der Waals surface area contributed by atoms with Gasteiger partial charge in [-0.15, -0.1) is 5.10 Å². The van der Waals surface area contributed by atoms with E-state index in [0.29, 0.717) is 29.0 Å². The zero-order chi connectivity index (χ0) is 22.8. The van der Waals surface area contributed by atoms with Crippen molar-refractivity contribution in [3.05, 3.63) is 72.6 Å². The van der Waals surface area contributed by atoms with Crippen LogP contribution in [0.3, 0.4) is 0 Å². The molecule has 0 radical (unpaired) electrons. The summed E-state index contributed by atoms with van der Waals surface area (Å²) in [4.78, 5) is 13.4. The molecule has 0 aliphatic rings. The molecule has 33 heavy (non-hydrogen) atoms. The number of pyridine rings is 1. The van der Waals surface area contributed by atoms with Crippen molar-refractivity contribution in [1.82, 2.24) is 35.0 Å². The first kappa shape index (κ1) is 21.1. The summed E-state index contributed by atoms with van der Waals surface area (Å²) in [6.45, 7) is 0.504. The first-order valence-electron chi connectivity index (χ1n) is 10.2. The fraction of sp³-hybridized carbons (Fsp3) is 0.136. The standard InChI is InChI=1S/C22H21N8O2P/c1-23-33(31,32-2)18-8-6-17(7-9-18)26-20-13-25-21-22(27-20)30(29-28-21)14-15-5-10-19-16(12-15)4-3-11-24-19/h3-13H,14H2,1-2H3,(H,23,31)(H,26,27). The van der Waals surface area contributed by atoms with E-state index in [-0.39, 0.29) is 0 Å². The fourth-order valence-corrected chi connectivity index (χ4v) is 4.73. The summed E-state index contributed by atoms with van der Waals surface area (Å²) < 4.78 is 19.5. The monoisotopic (exact) mass is 460 g/mol. The zero-order valence-electron chi connectivity index (χ0n) is 18.0. The van der Waals surface area contributed by atoms with Crippen LogP contribution in [0.15, 0.2) is 67.0 Å². The summed E-state index contributed by atoms with van der Waals surface area (Å²) >= 11 is 0. The molecule has 0 aliphatic carbocycles. The second-order valence-corrected chi connectivity index (χ2v) is 9.74. The third-order valence-corrected chi connectivity index (χ3v) is 7.34. The molecule has 166 valence electrons. The average molecular weight is 460 g/mol. The minimum atomic E-state index is -3.05. The van der Waals surface area contributed by atoms with Crippen molar-refractivity contribution in [3.63, 3.8) is 0 Å². The maximum Gasteiger partial charge on any atom is 0.299 e. The van der Waals surface area contributed by atoms with Crippen LogP contribution >= 0.6 is 7.52 Å². The molecule has 0 bridgehead atoms. The number of hydrogen-bond acceptors (Lipinski definition) is 8. The van der Waals surface area contributed by atoms with Gasteiger partial charge in [0.25, 0.3) is 7.52 Å². The van der Waals surface area contributed by atoms with Gasteiger partial charge in [0.05, 0.1) is 23.6 Å². The van der Waals surface area contributed by atoms with Crippen molar-refractivity contribution in [2.75, 3.05) is 19.5 Å². The highest BCUT2D eigenvalue weighted by Gasteiger charge is 2.21. The van der Waals surface area contributed by atoms with Crippen LogP contribution in [-0.4, -0.2) is 44.1 Å². The van der Waals surface area contributed by atoms with Crippen molar-refractivity contribution in [1.29, 1.82) is 0 Å². The van der Waals surface area contributed by atoms with Crippen molar-refractivity contribution in [3.8, 4) is 0 Å². The summed E-state index contributed by atoms with van der Waals surface area (Å²) in [6, 6.07) is 17.1. The maximum atomic E-state index is 12.6. The SMILES string of the molecule is CNP(=O)(OC)c1ccc(Nc2cnc3nnn(Cc4ccc5ncccc5c4)c3n2)cc1. The number of fused-ring (bicyclic) bond motifs is 2. The lowest BCUT2D eigenvalue weighted by molar-refractivity contribution is 0.396. The average Bonchev–Trinajstić information content (AvgIpc) is 3.26. The molecular weight excluding hydrogens is 439 g/mol. The third kappa shape index (κ3) is 4.19. The number of nitrogens with zero attached hydrogens (tertiary/aromatic N) is 6. The smallest absolute Gasteiger partial charge is 0.299 e. The van der Waals surface area contributed by atoms with Crippen LogP contribution in [0.2, 0.25) is 0 Å². The van der Waals surface area contributed by atoms with E-state index in [4.69, 9.17) is 4.52 Å². The quantitative estimate of drug-likeness (QED) is 0.353. The van der Waals surface area contributed by atoms with Crippen molar-refractivity contribution >= 4 is 46.5 Å². The maximum absolute atomic E-state index is 12.6. The number of anilines is 2. The van der Waals surface area contributed by atoms with Crippen LogP contribution < -0.4 is 15.7 Å². The molecule has 3 aromatic heterocycles. The Morgan fingerprint density at radius 1 is 1.09 bits per heavy atom. The summed E-state index contributed by atoms with van der Waals surface area (Å²) in [7, 11) is -0.0239. The topological polar surface area (TPSA) is 120 Å². The normalized spacial score (nSPS) is 13.3. The summed E-state index contributed by atoms with van der Waals surface area (Å²) in [5.74, 6) is 0.546. The lowest BCUT2D eigenvalue weighted by atomic mass is 10.1. The highest BCUT2D eigenvalue weighted by atomic mass is 31.2. The van der Waals surface area contributed by atoms with Gasteiger partial charge in [0.15, 0.2) is 11.5 Å². The molecule has 0 amide bonds. The number of benzene rings is 2. The summed E-state index contributed by atoms with van der Waals surface area (Å²) in [6.07, 6.45) is 3.38. The Hall–Kier alpha value is -3.72. The zero-order valence-corrected chi connectivity index (χ0v) is 18.9. The van der Waals surface area contributed by atoms with Gasteiger partial charge >= 0.3 is 0 Å². The van der Waals surface area contributed by atoms with Crippen LogP contribution in [0.1, 0.15) is 5.56 Å². The van der Waals surface area contributed by atoms with Crippen LogP contribution in [0.25, 0.3) is 22.2 Å². The molecule has 11 heteroatoms. The van der Waals surface area contributed by atoms with E-state index < -0.39 is 7.52 Å². The Bertz CT molecular complexity index is 1480. The fourth-order valence-electron chi connectivity index (χ4n) is 3.53. The molecule has 10 nitrogen and oxygen atoms in total. The Morgan fingerprint density at radius 2 is 1.94 bits per heavy atom. The lowest BCUT2D eigenvalue weighted by Gasteiger charge is -2.15. The van der Waals surface area contributed by atoms with Crippen molar-refractivity contribution < 1.29 is 9.09 Å². The molecular formula is C22H21N8O2P. The van der Waals surface area contributed by atoms with Gasteiger partial charge < -0.3 is 9.84 Å². The minimum absolute atomic E-state index is 0.466. The van der Waals surface area contributed by atoms with Gasteiger partial charge in [0.2, 0.25) is 5.65 Å².